The van der Waals surface area contributed by atoms with Gasteiger partial charge in [0.1, 0.15) is 12.1 Å². The van der Waals surface area contributed by atoms with Crippen LogP contribution in [-0.2, 0) is 25.6 Å². The van der Waals surface area contributed by atoms with Crippen molar-refractivity contribution in [3.05, 3.63) is 35.9 Å². The smallest absolute Gasteiger partial charge is 0.326 e. The highest BCUT2D eigenvalue weighted by Gasteiger charge is 2.30. The largest absolute Gasteiger partial charge is 0.480 e. The SMILES string of the molecule is CC(C)C(NC(=O)C(NC(=O)CC[C@H](O)[C@H](Cc1ccccc1)NC(=O)[C@H](C)N)C(C)C)C(=O)O. The molecule has 0 spiro atoms. The van der Waals surface area contributed by atoms with E-state index in [9.17, 15) is 29.4 Å². The fraction of sp³-hybridized carbons (Fsp3) is 0.600. The van der Waals surface area contributed by atoms with Crippen LogP contribution in [0.2, 0.25) is 0 Å². The lowest BCUT2D eigenvalue weighted by atomic mass is 9.97. The summed E-state index contributed by atoms with van der Waals surface area (Å²) in [6.07, 6.45) is -0.736. The topological polar surface area (TPSA) is 171 Å². The summed E-state index contributed by atoms with van der Waals surface area (Å²) in [4.78, 5) is 48.8. The molecule has 0 aromatic heterocycles. The van der Waals surface area contributed by atoms with Crippen LogP contribution in [-0.4, -0.2) is 64.2 Å². The number of hydrogen-bond acceptors (Lipinski definition) is 6. The van der Waals surface area contributed by atoms with E-state index in [1.807, 2.05) is 30.3 Å². The number of nitrogens with two attached hydrogens (primary N) is 1. The highest BCUT2D eigenvalue weighted by Crippen LogP contribution is 2.12. The van der Waals surface area contributed by atoms with Crippen LogP contribution in [0.5, 0.6) is 0 Å². The maximum absolute atomic E-state index is 12.7. The summed E-state index contributed by atoms with van der Waals surface area (Å²) in [6.45, 7) is 8.38. The number of benzene rings is 1. The van der Waals surface area contributed by atoms with Gasteiger partial charge in [-0.3, -0.25) is 14.4 Å². The van der Waals surface area contributed by atoms with Crippen LogP contribution >= 0.6 is 0 Å². The number of hydrogen-bond donors (Lipinski definition) is 6. The van der Waals surface area contributed by atoms with Gasteiger partial charge in [0.15, 0.2) is 0 Å². The Morgan fingerprint density at radius 1 is 0.857 bits per heavy atom. The number of aliphatic hydroxyl groups excluding tert-OH is 1. The summed E-state index contributed by atoms with van der Waals surface area (Å²) in [5.41, 5.74) is 6.55. The van der Waals surface area contributed by atoms with Gasteiger partial charge in [-0.15, -0.1) is 0 Å². The highest BCUT2D eigenvalue weighted by atomic mass is 16.4. The molecule has 1 rings (SSSR count). The van der Waals surface area contributed by atoms with Crippen molar-refractivity contribution in [3.63, 3.8) is 0 Å². The molecule has 0 saturated heterocycles. The van der Waals surface area contributed by atoms with Gasteiger partial charge in [0, 0.05) is 6.42 Å². The molecule has 0 saturated carbocycles. The molecule has 1 aromatic carbocycles. The van der Waals surface area contributed by atoms with Crippen molar-refractivity contribution in [2.24, 2.45) is 17.6 Å². The molecule has 10 heteroatoms. The lowest BCUT2D eigenvalue weighted by molar-refractivity contribution is -0.143. The van der Waals surface area contributed by atoms with Crippen molar-refractivity contribution < 1.29 is 29.4 Å². The molecule has 3 amide bonds. The van der Waals surface area contributed by atoms with Crippen molar-refractivity contribution in [3.8, 4) is 0 Å². The van der Waals surface area contributed by atoms with Gasteiger partial charge in [0.2, 0.25) is 17.7 Å². The van der Waals surface area contributed by atoms with E-state index in [-0.39, 0.29) is 24.7 Å². The van der Waals surface area contributed by atoms with E-state index in [1.165, 1.54) is 0 Å². The molecule has 7 N–H and O–H groups in total. The van der Waals surface area contributed by atoms with Gasteiger partial charge in [0.25, 0.3) is 0 Å². The van der Waals surface area contributed by atoms with E-state index in [0.29, 0.717) is 6.42 Å². The second-order valence-corrected chi connectivity index (χ2v) is 9.56. The monoisotopic (exact) mass is 492 g/mol. The molecular weight excluding hydrogens is 452 g/mol. The van der Waals surface area contributed by atoms with Gasteiger partial charge < -0.3 is 31.9 Å². The maximum atomic E-state index is 12.7. The number of carboxylic acids is 1. The molecule has 2 unspecified atom stereocenters. The minimum Gasteiger partial charge on any atom is -0.480 e. The van der Waals surface area contributed by atoms with Crippen molar-refractivity contribution in [1.82, 2.24) is 16.0 Å². The van der Waals surface area contributed by atoms with E-state index in [0.717, 1.165) is 5.56 Å². The Morgan fingerprint density at radius 3 is 1.91 bits per heavy atom. The number of aliphatic hydroxyl groups is 1. The maximum Gasteiger partial charge on any atom is 0.326 e. The predicted molar refractivity (Wildman–Crippen MR) is 132 cm³/mol. The van der Waals surface area contributed by atoms with Crippen molar-refractivity contribution in [2.45, 2.75) is 84.2 Å². The molecule has 0 aliphatic carbocycles. The zero-order chi connectivity index (χ0) is 26.7. The Bertz CT molecular complexity index is 844. The van der Waals surface area contributed by atoms with Gasteiger partial charge >= 0.3 is 5.97 Å². The Balaban J connectivity index is 2.80. The summed E-state index contributed by atoms with van der Waals surface area (Å²) in [5, 5.41) is 28.0. The third-order valence-electron chi connectivity index (χ3n) is 5.67. The van der Waals surface area contributed by atoms with Crippen LogP contribution < -0.4 is 21.7 Å². The van der Waals surface area contributed by atoms with Gasteiger partial charge in [-0.05, 0) is 37.2 Å². The molecule has 0 heterocycles. The first kappa shape index (κ1) is 30.1. The Labute approximate surface area is 207 Å². The van der Waals surface area contributed by atoms with Crippen molar-refractivity contribution in [2.75, 3.05) is 0 Å². The average molecular weight is 493 g/mol. The average Bonchev–Trinajstić information content (AvgIpc) is 2.78. The molecular formula is C25H40N4O6. The molecule has 0 bridgehead atoms. The fourth-order valence-corrected chi connectivity index (χ4v) is 3.48. The third-order valence-corrected chi connectivity index (χ3v) is 5.67. The lowest BCUT2D eigenvalue weighted by Crippen LogP contribution is -2.55. The van der Waals surface area contributed by atoms with E-state index in [4.69, 9.17) is 5.73 Å². The van der Waals surface area contributed by atoms with Crippen molar-refractivity contribution >= 4 is 23.7 Å². The number of nitrogens with one attached hydrogen (secondary N) is 3. The number of carboxylic acid groups (broad SMARTS) is 1. The van der Waals surface area contributed by atoms with Gasteiger partial charge in [-0.1, -0.05) is 58.0 Å². The highest BCUT2D eigenvalue weighted by molar-refractivity contribution is 5.90. The van der Waals surface area contributed by atoms with Crippen LogP contribution in [0.15, 0.2) is 30.3 Å². The zero-order valence-corrected chi connectivity index (χ0v) is 21.2. The van der Waals surface area contributed by atoms with Crippen LogP contribution in [0, 0.1) is 11.8 Å². The quantitative estimate of drug-likeness (QED) is 0.220. The first-order valence-electron chi connectivity index (χ1n) is 11.9. The minimum atomic E-state index is -1.15. The molecule has 5 atom stereocenters. The molecule has 10 nitrogen and oxygen atoms in total. The minimum absolute atomic E-state index is 0.0404. The number of carbonyl (C=O) groups is 4. The third kappa shape index (κ3) is 10.4. The molecule has 0 radical (unpaired) electrons. The predicted octanol–water partition coefficient (Wildman–Crippen LogP) is 0.568. The molecule has 0 aliphatic heterocycles. The van der Waals surface area contributed by atoms with E-state index in [1.54, 1.807) is 34.6 Å². The lowest BCUT2D eigenvalue weighted by Gasteiger charge is -2.27. The second kappa shape index (κ2) is 14.4. The van der Waals surface area contributed by atoms with Gasteiger partial charge in [-0.25, -0.2) is 4.79 Å². The fourth-order valence-electron chi connectivity index (χ4n) is 3.48. The Morgan fingerprint density at radius 2 is 1.43 bits per heavy atom. The standard InChI is InChI=1S/C25H40N4O6/c1-14(2)21(24(33)29-22(15(3)4)25(34)35)28-20(31)12-11-19(30)18(27-23(32)16(5)26)13-17-9-7-6-8-10-17/h6-10,14-16,18-19,21-22,30H,11-13,26H2,1-5H3,(H,27,32)(H,28,31)(H,29,33)(H,34,35)/t16-,18-,19-,21?,22?/m0/s1. The summed E-state index contributed by atoms with van der Waals surface area (Å²) in [5.74, 6) is -3.23. The second-order valence-electron chi connectivity index (χ2n) is 9.56. The van der Waals surface area contributed by atoms with Crippen molar-refractivity contribution in [1.29, 1.82) is 0 Å². The van der Waals surface area contributed by atoms with Crippen LogP contribution in [0.4, 0.5) is 0 Å². The van der Waals surface area contributed by atoms with Gasteiger partial charge in [-0.2, -0.15) is 0 Å². The number of carbonyl (C=O) groups excluding carboxylic acids is 3. The Kier molecular flexibility index (Phi) is 12.4. The summed E-state index contributed by atoms with van der Waals surface area (Å²) < 4.78 is 0. The number of aliphatic carboxylic acids is 1. The first-order valence-corrected chi connectivity index (χ1v) is 11.9. The summed E-state index contributed by atoms with van der Waals surface area (Å²) in [6, 6.07) is 5.89. The molecule has 1 aromatic rings. The molecule has 196 valence electrons. The summed E-state index contributed by atoms with van der Waals surface area (Å²) >= 11 is 0. The first-order chi connectivity index (χ1) is 16.3. The van der Waals surface area contributed by atoms with E-state index >= 15 is 0 Å². The zero-order valence-electron chi connectivity index (χ0n) is 21.2. The molecule has 0 aliphatic rings. The number of amides is 3. The Hall–Kier alpha value is -2.98. The summed E-state index contributed by atoms with van der Waals surface area (Å²) in [7, 11) is 0. The van der Waals surface area contributed by atoms with Gasteiger partial charge in [0.05, 0.1) is 18.2 Å². The normalized spacial score (nSPS) is 15.6. The van der Waals surface area contributed by atoms with E-state index < -0.39 is 54.0 Å². The number of rotatable bonds is 14. The molecule has 0 fully saturated rings. The van der Waals surface area contributed by atoms with Crippen LogP contribution in [0.25, 0.3) is 0 Å². The van der Waals surface area contributed by atoms with E-state index in [2.05, 4.69) is 16.0 Å². The molecule has 35 heavy (non-hydrogen) atoms. The van der Waals surface area contributed by atoms with Crippen LogP contribution in [0.1, 0.15) is 53.0 Å². The van der Waals surface area contributed by atoms with Crippen LogP contribution in [0.3, 0.4) is 0 Å².